The van der Waals surface area contributed by atoms with E-state index < -0.39 is 5.82 Å². The molecule has 3 rings (SSSR count). The predicted molar refractivity (Wildman–Crippen MR) is 118 cm³/mol. The van der Waals surface area contributed by atoms with Crippen LogP contribution < -0.4 is 14.4 Å². The second kappa shape index (κ2) is 10.1. The standard InChI is InChI=1S/C24H27FN2O4/c1-4-5-18-6-9-22(23(14-18)30-3)31-16-24(29)27-12-10-26(11-13-27)21-8-7-19(17(2)28)15-20(21)25/h4-9,14-15H,10-13,16H2,1-3H3/b5-4-. The van der Waals surface area contributed by atoms with Gasteiger partial charge in [0.2, 0.25) is 0 Å². The van der Waals surface area contributed by atoms with Crippen molar-refractivity contribution in [2.24, 2.45) is 0 Å². The molecule has 0 bridgehead atoms. The van der Waals surface area contributed by atoms with Crippen LogP contribution in [0.25, 0.3) is 6.08 Å². The fourth-order valence-electron chi connectivity index (χ4n) is 3.51. The number of anilines is 1. The third-order valence-electron chi connectivity index (χ3n) is 5.23. The minimum atomic E-state index is -0.427. The molecule has 0 unspecified atom stereocenters. The van der Waals surface area contributed by atoms with Crippen LogP contribution in [0.15, 0.2) is 42.5 Å². The van der Waals surface area contributed by atoms with Gasteiger partial charge in [0, 0.05) is 31.7 Å². The largest absolute Gasteiger partial charge is 0.493 e. The Morgan fingerprint density at radius 2 is 1.81 bits per heavy atom. The Morgan fingerprint density at radius 3 is 2.42 bits per heavy atom. The lowest BCUT2D eigenvalue weighted by Crippen LogP contribution is -2.50. The van der Waals surface area contributed by atoms with E-state index >= 15 is 0 Å². The number of ether oxygens (including phenoxy) is 2. The molecule has 1 fully saturated rings. The highest BCUT2D eigenvalue weighted by atomic mass is 19.1. The molecular formula is C24H27FN2O4. The fraction of sp³-hybridized carbons (Fsp3) is 0.333. The van der Waals surface area contributed by atoms with Crippen LogP contribution in [0.5, 0.6) is 11.5 Å². The second-order valence-electron chi connectivity index (χ2n) is 7.29. The molecule has 31 heavy (non-hydrogen) atoms. The average Bonchev–Trinajstić information content (AvgIpc) is 2.78. The van der Waals surface area contributed by atoms with Crippen LogP contribution in [0, 0.1) is 5.82 Å². The van der Waals surface area contributed by atoms with Crippen molar-refractivity contribution in [2.75, 3.05) is 44.8 Å². The van der Waals surface area contributed by atoms with Gasteiger partial charge in [-0.2, -0.15) is 0 Å². The highest BCUT2D eigenvalue weighted by Gasteiger charge is 2.23. The zero-order valence-electron chi connectivity index (χ0n) is 18.1. The molecule has 1 aliphatic heterocycles. The summed E-state index contributed by atoms with van der Waals surface area (Å²) < 4.78 is 25.5. The third kappa shape index (κ3) is 5.42. The lowest BCUT2D eigenvalue weighted by molar-refractivity contribution is -0.133. The average molecular weight is 426 g/mol. The number of amides is 1. The number of allylic oxidation sites excluding steroid dienone is 1. The molecule has 0 atom stereocenters. The van der Waals surface area contributed by atoms with Crippen molar-refractivity contribution in [3.8, 4) is 11.5 Å². The molecule has 1 saturated heterocycles. The van der Waals surface area contributed by atoms with E-state index in [1.165, 1.54) is 13.0 Å². The minimum Gasteiger partial charge on any atom is -0.493 e. The Hall–Kier alpha value is -3.35. The van der Waals surface area contributed by atoms with Crippen LogP contribution in [0.2, 0.25) is 0 Å². The van der Waals surface area contributed by atoms with Crippen LogP contribution >= 0.6 is 0 Å². The van der Waals surface area contributed by atoms with Crippen molar-refractivity contribution in [3.63, 3.8) is 0 Å². The summed E-state index contributed by atoms with van der Waals surface area (Å²) in [6.07, 6.45) is 3.88. The van der Waals surface area contributed by atoms with E-state index in [0.717, 1.165) is 5.56 Å². The van der Waals surface area contributed by atoms with Crippen LogP contribution in [0.4, 0.5) is 10.1 Å². The number of nitrogens with zero attached hydrogens (tertiary/aromatic N) is 2. The Morgan fingerprint density at radius 1 is 1.06 bits per heavy atom. The highest BCUT2D eigenvalue weighted by molar-refractivity contribution is 5.94. The summed E-state index contributed by atoms with van der Waals surface area (Å²) in [6.45, 7) is 5.19. The molecule has 0 N–H and O–H groups in total. The van der Waals surface area contributed by atoms with Gasteiger partial charge in [0.25, 0.3) is 5.91 Å². The summed E-state index contributed by atoms with van der Waals surface area (Å²) in [5, 5.41) is 0. The molecule has 1 aliphatic rings. The van der Waals surface area contributed by atoms with Crippen LogP contribution in [-0.4, -0.2) is 56.5 Å². The first-order valence-electron chi connectivity index (χ1n) is 10.2. The van der Waals surface area contributed by atoms with Crippen molar-refractivity contribution in [2.45, 2.75) is 13.8 Å². The number of hydrogen-bond acceptors (Lipinski definition) is 5. The predicted octanol–water partition coefficient (Wildman–Crippen LogP) is 3.80. The molecule has 1 amide bonds. The van der Waals surface area contributed by atoms with Gasteiger partial charge in [0.1, 0.15) is 5.82 Å². The molecule has 1 heterocycles. The van der Waals surface area contributed by atoms with E-state index in [0.29, 0.717) is 48.9 Å². The van der Waals surface area contributed by atoms with Gasteiger partial charge in [-0.15, -0.1) is 0 Å². The van der Waals surface area contributed by atoms with E-state index in [4.69, 9.17) is 9.47 Å². The van der Waals surface area contributed by atoms with Crippen molar-refractivity contribution in [1.82, 2.24) is 4.90 Å². The summed E-state index contributed by atoms with van der Waals surface area (Å²) in [5.74, 6) is 0.345. The summed E-state index contributed by atoms with van der Waals surface area (Å²) in [6, 6.07) is 10.0. The van der Waals surface area contributed by atoms with Crippen LogP contribution in [0.3, 0.4) is 0 Å². The van der Waals surface area contributed by atoms with Crippen LogP contribution in [-0.2, 0) is 4.79 Å². The number of carbonyl (C=O) groups excluding carboxylic acids is 2. The normalized spacial score (nSPS) is 14.1. The zero-order chi connectivity index (χ0) is 22.4. The first kappa shape index (κ1) is 22.3. The molecule has 0 saturated carbocycles. The third-order valence-corrected chi connectivity index (χ3v) is 5.23. The number of ketones is 1. The molecule has 7 heteroatoms. The topological polar surface area (TPSA) is 59.1 Å². The minimum absolute atomic E-state index is 0.0962. The maximum atomic E-state index is 14.4. The number of benzene rings is 2. The van der Waals surface area contributed by atoms with E-state index in [1.54, 1.807) is 30.2 Å². The number of Topliss-reactive ketones (excluding diaryl/α,β-unsaturated/α-hetero) is 1. The number of carbonyl (C=O) groups is 2. The Balaban J connectivity index is 1.56. The molecular weight excluding hydrogens is 399 g/mol. The Bertz CT molecular complexity index is 982. The van der Waals surface area contributed by atoms with Gasteiger partial charge in [-0.25, -0.2) is 4.39 Å². The maximum absolute atomic E-state index is 14.4. The molecule has 6 nitrogen and oxygen atoms in total. The van der Waals surface area contributed by atoms with Crippen LogP contribution in [0.1, 0.15) is 29.8 Å². The molecule has 0 aromatic heterocycles. The zero-order valence-corrected chi connectivity index (χ0v) is 18.1. The summed E-state index contributed by atoms with van der Waals surface area (Å²) in [4.78, 5) is 27.6. The Labute approximate surface area is 181 Å². The molecule has 2 aromatic rings. The van der Waals surface area contributed by atoms with E-state index in [1.807, 2.05) is 36.1 Å². The quantitative estimate of drug-likeness (QED) is 0.631. The second-order valence-corrected chi connectivity index (χ2v) is 7.29. The number of piperazine rings is 1. The van der Waals surface area contributed by atoms with Gasteiger partial charge >= 0.3 is 0 Å². The Kier molecular flexibility index (Phi) is 7.28. The smallest absolute Gasteiger partial charge is 0.260 e. The highest BCUT2D eigenvalue weighted by Crippen LogP contribution is 2.29. The SMILES string of the molecule is C/C=C\c1ccc(OCC(=O)N2CCN(c3ccc(C(C)=O)cc3F)CC2)c(OC)c1. The first-order chi connectivity index (χ1) is 14.9. The monoisotopic (exact) mass is 426 g/mol. The number of hydrogen-bond donors (Lipinski definition) is 0. The van der Waals surface area contributed by atoms with Gasteiger partial charge in [0.05, 0.1) is 12.8 Å². The van der Waals surface area contributed by atoms with Gasteiger partial charge in [-0.3, -0.25) is 9.59 Å². The van der Waals surface area contributed by atoms with Gasteiger partial charge in [-0.05, 0) is 49.7 Å². The lowest BCUT2D eigenvalue weighted by atomic mass is 10.1. The molecule has 164 valence electrons. The van der Waals surface area contributed by atoms with Gasteiger partial charge < -0.3 is 19.3 Å². The molecule has 0 aliphatic carbocycles. The van der Waals surface area contributed by atoms with Crippen molar-refractivity contribution in [3.05, 3.63) is 59.4 Å². The number of halogens is 1. The maximum Gasteiger partial charge on any atom is 0.260 e. The fourth-order valence-corrected chi connectivity index (χ4v) is 3.51. The van der Waals surface area contributed by atoms with Crippen molar-refractivity contribution < 1.29 is 23.5 Å². The lowest BCUT2D eigenvalue weighted by Gasteiger charge is -2.36. The molecule has 0 radical (unpaired) electrons. The van der Waals surface area contributed by atoms with Crippen molar-refractivity contribution >= 4 is 23.5 Å². The van der Waals surface area contributed by atoms with E-state index in [2.05, 4.69) is 0 Å². The summed E-state index contributed by atoms with van der Waals surface area (Å²) >= 11 is 0. The molecule has 0 spiro atoms. The first-order valence-corrected chi connectivity index (χ1v) is 10.2. The summed E-state index contributed by atoms with van der Waals surface area (Å²) in [7, 11) is 1.56. The van der Waals surface area contributed by atoms with E-state index in [9.17, 15) is 14.0 Å². The van der Waals surface area contributed by atoms with Gasteiger partial charge in [0.15, 0.2) is 23.9 Å². The van der Waals surface area contributed by atoms with E-state index in [-0.39, 0.29) is 18.3 Å². The number of rotatable bonds is 7. The number of methoxy groups -OCH3 is 1. The molecule has 2 aromatic carbocycles. The van der Waals surface area contributed by atoms with Crippen molar-refractivity contribution in [1.29, 1.82) is 0 Å². The summed E-state index contributed by atoms with van der Waals surface area (Å²) in [5.41, 5.74) is 1.78. The van der Waals surface area contributed by atoms with Gasteiger partial charge in [-0.1, -0.05) is 18.2 Å².